The molecule has 3 rings (SSSR count). The standard InChI is InChI=1S/C22H27N3O4/c1-3-11-23-21(27)18-13-25(12-17-10-9-15(2)29-17)14-19(20(18)26)22(28)24-16-7-5-4-6-8-16/h3,9-10,13-14,16H,1,4-8,11-12H2,2H3,(H,23,27)(H,24,28). The van der Waals surface area contributed by atoms with Gasteiger partial charge in [-0.3, -0.25) is 14.4 Å². The number of carbonyl (C=O) groups is 2. The van der Waals surface area contributed by atoms with E-state index >= 15 is 0 Å². The van der Waals surface area contributed by atoms with Crippen molar-refractivity contribution in [2.24, 2.45) is 0 Å². The van der Waals surface area contributed by atoms with E-state index < -0.39 is 17.2 Å². The molecule has 1 fully saturated rings. The Morgan fingerprint density at radius 1 is 1.17 bits per heavy atom. The Morgan fingerprint density at radius 2 is 1.86 bits per heavy atom. The van der Waals surface area contributed by atoms with Gasteiger partial charge in [-0.1, -0.05) is 25.3 Å². The first-order valence-electron chi connectivity index (χ1n) is 9.97. The van der Waals surface area contributed by atoms with Crippen molar-refractivity contribution in [2.75, 3.05) is 6.54 Å². The third-order valence-electron chi connectivity index (χ3n) is 5.05. The van der Waals surface area contributed by atoms with Crippen molar-refractivity contribution in [3.8, 4) is 0 Å². The monoisotopic (exact) mass is 397 g/mol. The molecule has 0 radical (unpaired) electrons. The Labute approximate surface area is 169 Å². The number of carbonyl (C=O) groups excluding carboxylic acids is 2. The van der Waals surface area contributed by atoms with E-state index in [0.717, 1.165) is 31.4 Å². The topological polar surface area (TPSA) is 93.3 Å². The zero-order valence-electron chi connectivity index (χ0n) is 16.7. The highest BCUT2D eigenvalue weighted by Gasteiger charge is 2.22. The summed E-state index contributed by atoms with van der Waals surface area (Å²) in [6.07, 6.45) is 9.59. The second-order valence-electron chi connectivity index (χ2n) is 7.41. The number of furan rings is 1. The lowest BCUT2D eigenvalue weighted by Crippen LogP contribution is -2.40. The fraction of sp³-hybridized carbons (Fsp3) is 0.409. The summed E-state index contributed by atoms with van der Waals surface area (Å²) in [5.41, 5.74) is -0.691. The molecule has 0 aliphatic heterocycles. The number of rotatable bonds is 7. The van der Waals surface area contributed by atoms with Crippen molar-refractivity contribution < 1.29 is 14.0 Å². The fourth-order valence-electron chi connectivity index (χ4n) is 3.57. The molecule has 1 saturated carbocycles. The van der Waals surface area contributed by atoms with E-state index in [1.807, 2.05) is 19.1 Å². The summed E-state index contributed by atoms with van der Waals surface area (Å²) in [4.78, 5) is 38.2. The van der Waals surface area contributed by atoms with Crippen LogP contribution < -0.4 is 16.1 Å². The van der Waals surface area contributed by atoms with Crippen LogP contribution in [0, 0.1) is 6.92 Å². The van der Waals surface area contributed by atoms with Crippen LogP contribution in [0.2, 0.25) is 0 Å². The molecule has 154 valence electrons. The summed E-state index contributed by atoms with van der Waals surface area (Å²) in [5, 5.41) is 5.56. The predicted molar refractivity (Wildman–Crippen MR) is 110 cm³/mol. The van der Waals surface area contributed by atoms with E-state index in [1.54, 1.807) is 4.57 Å². The van der Waals surface area contributed by atoms with Crippen molar-refractivity contribution in [1.82, 2.24) is 15.2 Å². The number of hydrogen-bond donors (Lipinski definition) is 2. The van der Waals surface area contributed by atoms with Crippen molar-refractivity contribution in [3.63, 3.8) is 0 Å². The normalized spacial score (nSPS) is 14.4. The highest BCUT2D eigenvalue weighted by Crippen LogP contribution is 2.18. The van der Waals surface area contributed by atoms with Crippen LogP contribution in [0.5, 0.6) is 0 Å². The highest BCUT2D eigenvalue weighted by molar-refractivity contribution is 5.99. The van der Waals surface area contributed by atoms with Gasteiger partial charge < -0.3 is 19.6 Å². The summed E-state index contributed by atoms with van der Waals surface area (Å²) < 4.78 is 7.23. The van der Waals surface area contributed by atoms with Gasteiger partial charge in [-0.05, 0) is 31.9 Å². The molecule has 29 heavy (non-hydrogen) atoms. The van der Waals surface area contributed by atoms with E-state index in [4.69, 9.17) is 4.42 Å². The lowest BCUT2D eigenvalue weighted by molar-refractivity contribution is 0.0925. The van der Waals surface area contributed by atoms with Crippen molar-refractivity contribution in [3.05, 3.63) is 70.1 Å². The molecule has 0 bridgehead atoms. The van der Waals surface area contributed by atoms with E-state index in [9.17, 15) is 14.4 Å². The molecular weight excluding hydrogens is 370 g/mol. The van der Waals surface area contributed by atoms with E-state index in [2.05, 4.69) is 17.2 Å². The molecule has 0 atom stereocenters. The van der Waals surface area contributed by atoms with Crippen LogP contribution in [0.3, 0.4) is 0 Å². The Bertz CT molecular complexity index is 951. The van der Waals surface area contributed by atoms with Crippen LogP contribution in [0.1, 0.15) is 64.3 Å². The van der Waals surface area contributed by atoms with Gasteiger partial charge in [0.1, 0.15) is 22.6 Å². The molecule has 2 heterocycles. The molecule has 7 nitrogen and oxygen atoms in total. The minimum absolute atomic E-state index is 0.0369. The number of pyridine rings is 1. The quantitative estimate of drug-likeness (QED) is 0.703. The lowest BCUT2D eigenvalue weighted by atomic mass is 9.95. The number of nitrogens with zero attached hydrogens (tertiary/aromatic N) is 1. The molecule has 0 spiro atoms. The second-order valence-corrected chi connectivity index (χ2v) is 7.41. The molecule has 2 N–H and O–H groups in total. The van der Waals surface area contributed by atoms with Crippen LogP contribution in [-0.2, 0) is 6.54 Å². The average Bonchev–Trinajstić information content (AvgIpc) is 3.12. The minimum atomic E-state index is -0.577. The molecule has 0 aromatic carbocycles. The maximum Gasteiger partial charge on any atom is 0.257 e. The largest absolute Gasteiger partial charge is 0.464 e. The van der Waals surface area contributed by atoms with Crippen LogP contribution in [-0.4, -0.2) is 29.0 Å². The highest BCUT2D eigenvalue weighted by atomic mass is 16.3. The van der Waals surface area contributed by atoms with Gasteiger partial charge in [-0.2, -0.15) is 0 Å². The van der Waals surface area contributed by atoms with Gasteiger partial charge in [0.05, 0.1) is 6.54 Å². The first-order chi connectivity index (χ1) is 14.0. The van der Waals surface area contributed by atoms with Crippen molar-refractivity contribution in [1.29, 1.82) is 0 Å². The van der Waals surface area contributed by atoms with Gasteiger partial charge in [0, 0.05) is 25.0 Å². The van der Waals surface area contributed by atoms with Gasteiger partial charge in [-0.15, -0.1) is 6.58 Å². The number of amides is 2. The van der Waals surface area contributed by atoms with Crippen LogP contribution in [0.15, 0.2) is 46.4 Å². The average molecular weight is 397 g/mol. The third-order valence-corrected chi connectivity index (χ3v) is 5.05. The van der Waals surface area contributed by atoms with Gasteiger partial charge in [0.2, 0.25) is 5.43 Å². The number of aromatic nitrogens is 1. The van der Waals surface area contributed by atoms with Gasteiger partial charge in [-0.25, -0.2) is 0 Å². The number of aryl methyl sites for hydroxylation is 1. The summed E-state index contributed by atoms with van der Waals surface area (Å²) >= 11 is 0. The molecule has 7 heteroatoms. The molecule has 2 aromatic heterocycles. The summed E-state index contributed by atoms with van der Waals surface area (Å²) in [6.45, 7) is 5.94. The number of hydrogen-bond acceptors (Lipinski definition) is 4. The Morgan fingerprint density at radius 3 is 2.48 bits per heavy atom. The molecule has 2 amide bonds. The Hall–Kier alpha value is -3.09. The van der Waals surface area contributed by atoms with E-state index in [-0.39, 0.29) is 23.7 Å². The zero-order chi connectivity index (χ0) is 20.8. The van der Waals surface area contributed by atoms with Crippen molar-refractivity contribution in [2.45, 2.75) is 51.6 Å². The molecule has 1 aliphatic rings. The smallest absolute Gasteiger partial charge is 0.257 e. The third kappa shape index (κ3) is 5.25. The van der Waals surface area contributed by atoms with Crippen molar-refractivity contribution >= 4 is 11.8 Å². The Kier molecular flexibility index (Phi) is 6.69. The van der Waals surface area contributed by atoms with Gasteiger partial charge in [0.15, 0.2) is 0 Å². The molecule has 0 unspecified atom stereocenters. The summed E-state index contributed by atoms with van der Waals surface area (Å²) in [6, 6.07) is 3.73. The van der Waals surface area contributed by atoms with Gasteiger partial charge >= 0.3 is 0 Å². The molecule has 1 aliphatic carbocycles. The first-order valence-corrected chi connectivity index (χ1v) is 9.97. The number of nitrogens with one attached hydrogen (secondary N) is 2. The van der Waals surface area contributed by atoms with Crippen LogP contribution in [0.25, 0.3) is 0 Å². The lowest BCUT2D eigenvalue weighted by Gasteiger charge is -2.23. The summed E-state index contributed by atoms with van der Waals surface area (Å²) in [5.74, 6) is 0.457. The first kappa shape index (κ1) is 20.6. The van der Waals surface area contributed by atoms with Crippen LogP contribution in [0.4, 0.5) is 0 Å². The minimum Gasteiger partial charge on any atom is -0.464 e. The maximum atomic E-state index is 12.9. The second kappa shape index (κ2) is 9.41. The molecule has 2 aromatic rings. The Balaban J connectivity index is 1.92. The fourth-order valence-corrected chi connectivity index (χ4v) is 3.57. The maximum absolute atomic E-state index is 12.9. The predicted octanol–water partition coefficient (Wildman–Crippen LogP) is 2.78. The summed E-state index contributed by atoms with van der Waals surface area (Å²) in [7, 11) is 0. The van der Waals surface area contributed by atoms with E-state index in [0.29, 0.717) is 12.3 Å². The van der Waals surface area contributed by atoms with E-state index in [1.165, 1.54) is 24.9 Å². The van der Waals surface area contributed by atoms with Gasteiger partial charge in [0.25, 0.3) is 11.8 Å². The molecular formula is C22H27N3O4. The SMILES string of the molecule is C=CCNC(=O)c1cn(Cc2ccc(C)o2)cc(C(=O)NC2CCCCC2)c1=O. The van der Waals surface area contributed by atoms with Crippen LogP contribution >= 0.6 is 0 Å². The molecule has 0 saturated heterocycles. The zero-order valence-corrected chi connectivity index (χ0v) is 16.7.